The van der Waals surface area contributed by atoms with E-state index in [9.17, 15) is 13.2 Å². The van der Waals surface area contributed by atoms with Gasteiger partial charge in [-0.3, -0.25) is 4.79 Å². The molecule has 0 atom stereocenters. The van der Waals surface area contributed by atoms with Crippen LogP contribution in [-0.2, 0) is 21.2 Å². The monoisotopic (exact) mass is 330 g/mol. The van der Waals surface area contributed by atoms with Gasteiger partial charge in [-0.1, -0.05) is 12.5 Å². The number of hydrogen-bond donors (Lipinski definition) is 1. The fraction of sp³-hybridized carbons (Fsp3) is 0.643. The van der Waals surface area contributed by atoms with Crippen molar-refractivity contribution in [2.45, 2.75) is 32.1 Å². The van der Waals surface area contributed by atoms with Gasteiger partial charge < -0.3 is 5.32 Å². The van der Waals surface area contributed by atoms with Crippen LogP contribution in [0.25, 0.3) is 0 Å². The lowest BCUT2D eigenvalue weighted by Crippen LogP contribution is -2.40. The Bertz CT molecular complexity index is 535. The van der Waals surface area contributed by atoms with E-state index >= 15 is 0 Å². The molecule has 118 valence electrons. The summed E-state index contributed by atoms with van der Waals surface area (Å²) in [6, 6.07) is 3.96. The van der Waals surface area contributed by atoms with Crippen LogP contribution in [0.4, 0.5) is 0 Å². The van der Waals surface area contributed by atoms with E-state index in [1.807, 2.05) is 17.5 Å². The maximum atomic E-state index is 12.1. The third-order valence-corrected chi connectivity index (χ3v) is 6.38. The van der Waals surface area contributed by atoms with Crippen molar-refractivity contribution >= 4 is 27.3 Å². The van der Waals surface area contributed by atoms with Crippen LogP contribution >= 0.6 is 11.3 Å². The lowest BCUT2D eigenvalue weighted by atomic mass is 10.2. The van der Waals surface area contributed by atoms with E-state index in [1.165, 1.54) is 4.88 Å². The second kappa shape index (κ2) is 7.91. The summed E-state index contributed by atoms with van der Waals surface area (Å²) in [6.07, 6.45) is 4.09. The van der Waals surface area contributed by atoms with Crippen molar-refractivity contribution in [2.24, 2.45) is 0 Å². The normalized spacial score (nSPS) is 16.8. The van der Waals surface area contributed by atoms with Gasteiger partial charge >= 0.3 is 0 Å². The lowest BCUT2D eigenvalue weighted by Gasteiger charge is -2.25. The van der Waals surface area contributed by atoms with E-state index in [2.05, 4.69) is 5.32 Å². The molecule has 1 aromatic rings. The minimum absolute atomic E-state index is 0.00224. The van der Waals surface area contributed by atoms with Crippen LogP contribution in [0, 0.1) is 0 Å². The third kappa shape index (κ3) is 5.41. The Labute approximate surface area is 130 Å². The Morgan fingerprint density at radius 1 is 1.29 bits per heavy atom. The molecule has 0 spiro atoms. The molecule has 2 heterocycles. The highest BCUT2D eigenvalue weighted by Gasteiger charge is 2.23. The molecule has 0 unspecified atom stereocenters. The van der Waals surface area contributed by atoms with Crippen LogP contribution in [0.5, 0.6) is 0 Å². The largest absolute Gasteiger partial charge is 0.355 e. The first-order chi connectivity index (χ1) is 10.1. The predicted molar refractivity (Wildman–Crippen MR) is 84.9 cm³/mol. The third-order valence-electron chi connectivity index (χ3n) is 3.57. The maximum Gasteiger partial charge on any atom is 0.220 e. The average Bonchev–Trinajstić information content (AvgIpc) is 2.99. The van der Waals surface area contributed by atoms with E-state index in [1.54, 1.807) is 15.6 Å². The molecule has 1 fully saturated rings. The zero-order chi connectivity index (χ0) is 15.1. The molecular weight excluding hydrogens is 308 g/mol. The number of piperidine rings is 1. The predicted octanol–water partition coefficient (Wildman–Crippen LogP) is 1.61. The van der Waals surface area contributed by atoms with Gasteiger partial charge in [-0.15, -0.1) is 11.3 Å². The van der Waals surface area contributed by atoms with E-state index in [-0.39, 0.29) is 18.2 Å². The number of carbonyl (C=O) groups is 1. The standard InChI is InChI=1S/C14H22N2O3S2/c17-14(7-6-13-5-4-11-20-13)15-8-12-21(18,19)16-9-2-1-3-10-16/h4-5,11H,1-3,6-10,12H2,(H,15,17). The second-order valence-electron chi connectivity index (χ2n) is 5.21. The van der Waals surface area contributed by atoms with Gasteiger partial charge in [0.15, 0.2) is 0 Å². The summed E-state index contributed by atoms with van der Waals surface area (Å²) >= 11 is 1.63. The van der Waals surface area contributed by atoms with Crippen LogP contribution in [0.1, 0.15) is 30.6 Å². The fourth-order valence-electron chi connectivity index (χ4n) is 2.37. The van der Waals surface area contributed by atoms with Gasteiger partial charge in [0.05, 0.1) is 5.75 Å². The summed E-state index contributed by atoms with van der Waals surface area (Å²) in [6.45, 7) is 1.44. The number of thiophene rings is 1. The molecule has 21 heavy (non-hydrogen) atoms. The Hall–Kier alpha value is -0.920. The first kappa shape index (κ1) is 16.5. The number of nitrogens with zero attached hydrogens (tertiary/aromatic N) is 1. The number of carbonyl (C=O) groups excluding carboxylic acids is 1. The highest BCUT2D eigenvalue weighted by molar-refractivity contribution is 7.89. The van der Waals surface area contributed by atoms with Crippen LogP contribution in [0.15, 0.2) is 17.5 Å². The van der Waals surface area contributed by atoms with E-state index < -0.39 is 10.0 Å². The van der Waals surface area contributed by atoms with Crippen LogP contribution in [-0.4, -0.2) is 44.0 Å². The lowest BCUT2D eigenvalue weighted by molar-refractivity contribution is -0.120. The van der Waals surface area contributed by atoms with Gasteiger partial charge in [0.1, 0.15) is 0 Å². The molecule has 0 aromatic carbocycles. The molecule has 0 saturated carbocycles. The molecule has 1 aromatic heterocycles. The van der Waals surface area contributed by atoms with Crippen molar-refractivity contribution in [3.8, 4) is 0 Å². The van der Waals surface area contributed by atoms with Crippen molar-refractivity contribution < 1.29 is 13.2 Å². The van der Waals surface area contributed by atoms with Gasteiger partial charge in [-0.2, -0.15) is 0 Å². The molecule has 1 aliphatic heterocycles. The van der Waals surface area contributed by atoms with Gasteiger partial charge in [0, 0.05) is 30.9 Å². The summed E-state index contributed by atoms with van der Waals surface area (Å²) in [5.74, 6) is -0.0881. The molecule has 0 radical (unpaired) electrons. The number of sulfonamides is 1. The SMILES string of the molecule is O=C(CCc1cccs1)NCCS(=O)(=O)N1CCCCC1. The first-order valence-corrected chi connectivity index (χ1v) is 9.84. The molecular formula is C14H22N2O3S2. The summed E-state index contributed by atoms with van der Waals surface area (Å²) in [5, 5.41) is 4.68. The summed E-state index contributed by atoms with van der Waals surface area (Å²) in [7, 11) is -3.22. The smallest absolute Gasteiger partial charge is 0.220 e. The Balaban J connectivity index is 1.66. The highest BCUT2D eigenvalue weighted by Crippen LogP contribution is 2.13. The van der Waals surface area contributed by atoms with Crippen molar-refractivity contribution in [2.75, 3.05) is 25.4 Å². The molecule has 1 N–H and O–H groups in total. The van der Waals surface area contributed by atoms with Gasteiger partial charge in [0.25, 0.3) is 0 Å². The summed E-state index contributed by atoms with van der Waals surface area (Å²) in [5.41, 5.74) is 0. The minimum Gasteiger partial charge on any atom is -0.355 e. The second-order valence-corrected chi connectivity index (χ2v) is 8.33. The minimum atomic E-state index is -3.22. The van der Waals surface area contributed by atoms with Crippen LogP contribution in [0.2, 0.25) is 0 Å². The topological polar surface area (TPSA) is 66.5 Å². The number of aryl methyl sites for hydroxylation is 1. The summed E-state index contributed by atoms with van der Waals surface area (Å²) < 4.78 is 25.7. The fourth-order valence-corrected chi connectivity index (χ4v) is 4.51. The first-order valence-electron chi connectivity index (χ1n) is 7.35. The molecule has 2 rings (SSSR count). The van der Waals surface area contributed by atoms with Gasteiger partial charge in [-0.25, -0.2) is 12.7 Å². The Morgan fingerprint density at radius 2 is 2.05 bits per heavy atom. The summed E-state index contributed by atoms with van der Waals surface area (Å²) in [4.78, 5) is 12.9. The van der Waals surface area contributed by atoms with Crippen molar-refractivity contribution in [3.05, 3.63) is 22.4 Å². The van der Waals surface area contributed by atoms with Crippen molar-refractivity contribution in [1.82, 2.24) is 9.62 Å². The molecule has 7 heteroatoms. The average molecular weight is 330 g/mol. The molecule has 0 bridgehead atoms. The van der Waals surface area contributed by atoms with E-state index in [0.29, 0.717) is 25.9 Å². The highest BCUT2D eigenvalue weighted by atomic mass is 32.2. The molecule has 5 nitrogen and oxygen atoms in total. The number of hydrogen-bond acceptors (Lipinski definition) is 4. The number of nitrogens with one attached hydrogen (secondary N) is 1. The van der Waals surface area contributed by atoms with Crippen LogP contribution < -0.4 is 5.32 Å². The van der Waals surface area contributed by atoms with Gasteiger partial charge in [-0.05, 0) is 30.7 Å². The van der Waals surface area contributed by atoms with Crippen molar-refractivity contribution in [3.63, 3.8) is 0 Å². The zero-order valence-electron chi connectivity index (χ0n) is 12.1. The number of amides is 1. The Kier molecular flexibility index (Phi) is 6.20. The number of rotatable bonds is 7. The van der Waals surface area contributed by atoms with Gasteiger partial charge in [0.2, 0.25) is 15.9 Å². The molecule has 1 saturated heterocycles. The Morgan fingerprint density at radius 3 is 2.71 bits per heavy atom. The maximum absolute atomic E-state index is 12.1. The molecule has 1 amide bonds. The molecule has 1 aliphatic rings. The quantitative estimate of drug-likeness (QED) is 0.826. The molecule has 0 aliphatic carbocycles. The zero-order valence-corrected chi connectivity index (χ0v) is 13.7. The van der Waals surface area contributed by atoms with E-state index in [0.717, 1.165) is 19.3 Å². The van der Waals surface area contributed by atoms with Crippen molar-refractivity contribution in [1.29, 1.82) is 0 Å². The van der Waals surface area contributed by atoms with Crippen LogP contribution in [0.3, 0.4) is 0 Å². The van der Waals surface area contributed by atoms with E-state index in [4.69, 9.17) is 0 Å².